The van der Waals surface area contributed by atoms with Gasteiger partial charge in [-0.05, 0) is 23.7 Å². The van der Waals surface area contributed by atoms with Crippen LogP contribution in [-0.4, -0.2) is 10.2 Å². The first-order valence-corrected chi connectivity index (χ1v) is 4.17. The first kappa shape index (κ1) is 8.34. The number of furan rings is 1. The van der Waals surface area contributed by atoms with Crippen LogP contribution in [0.25, 0.3) is 11.5 Å². The minimum atomic E-state index is 0.354. The molecule has 3 N–H and O–H groups in total. The van der Waals surface area contributed by atoms with E-state index < -0.39 is 0 Å². The molecule has 13 heavy (non-hydrogen) atoms. The third kappa shape index (κ3) is 1.46. The lowest BCUT2D eigenvalue weighted by atomic mass is 10.2. The average molecular weight is 198 g/mol. The molecule has 0 spiro atoms. The summed E-state index contributed by atoms with van der Waals surface area (Å²) in [4.78, 5) is 0. The summed E-state index contributed by atoms with van der Waals surface area (Å²) in [5.41, 5.74) is 7.20. The van der Waals surface area contributed by atoms with Crippen LogP contribution in [0.15, 0.2) is 22.7 Å². The van der Waals surface area contributed by atoms with Gasteiger partial charge in [0.15, 0.2) is 11.0 Å². The van der Waals surface area contributed by atoms with Gasteiger partial charge in [-0.25, -0.2) is 0 Å². The van der Waals surface area contributed by atoms with E-state index in [0.717, 1.165) is 11.3 Å². The topological polar surface area (TPSA) is 67.8 Å². The number of nitrogens with two attached hydrogens (primary N) is 1. The van der Waals surface area contributed by atoms with E-state index in [2.05, 4.69) is 10.2 Å². The van der Waals surface area contributed by atoms with Gasteiger partial charge in [0.2, 0.25) is 0 Å². The largest absolute Gasteiger partial charge is 0.443 e. The predicted molar refractivity (Wildman–Crippen MR) is 49.2 cm³/mol. The first-order chi connectivity index (χ1) is 6.31. The SMILES string of the molecule is NCc1cn[nH]c1-c1ccc(Cl)o1. The van der Waals surface area contributed by atoms with Gasteiger partial charge in [-0.3, -0.25) is 5.10 Å². The quantitative estimate of drug-likeness (QED) is 0.771. The van der Waals surface area contributed by atoms with Crippen LogP contribution < -0.4 is 5.73 Å². The maximum atomic E-state index is 5.64. The van der Waals surface area contributed by atoms with Crippen molar-refractivity contribution in [1.29, 1.82) is 0 Å². The maximum absolute atomic E-state index is 5.64. The normalized spacial score (nSPS) is 10.6. The molecule has 0 aliphatic heterocycles. The molecule has 0 aliphatic carbocycles. The lowest BCUT2D eigenvalue weighted by molar-refractivity contribution is 0.581. The van der Waals surface area contributed by atoms with Crippen molar-refractivity contribution in [3.63, 3.8) is 0 Å². The predicted octanol–water partition coefficient (Wildman–Crippen LogP) is 1.78. The van der Waals surface area contributed by atoms with Gasteiger partial charge in [-0.15, -0.1) is 0 Å². The molecule has 0 atom stereocenters. The number of hydrogen-bond donors (Lipinski definition) is 2. The Labute approximate surface area is 79.7 Å². The molecule has 0 aliphatic rings. The van der Waals surface area contributed by atoms with Crippen molar-refractivity contribution >= 4 is 11.6 Å². The van der Waals surface area contributed by atoms with Crippen LogP contribution in [0.3, 0.4) is 0 Å². The highest BCUT2D eigenvalue weighted by molar-refractivity contribution is 6.28. The molecule has 4 nitrogen and oxygen atoms in total. The molecule has 0 unspecified atom stereocenters. The Bertz CT molecular complexity index is 407. The van der Waals surface area contributed by atoms with Gasteiger partial charge in [0.25, 0.3) is 0 Å². The Morgan fingerprint density at radius 2 is 2.38 bits per heavy atom. The summed E-state index contributed by atoms with van der Waals surface area (Å²) in [5.74, 6) is 0.656. The highest BCUT2D eigenvalue weighted by Gasteiger charge is 2.09. The smallest absolute Gasteiger partial charge is 0.194 e. The third-order valence-electron chi connectivity index (χ3n) is 1.76. The van der Waals surface area contributed by atoms with Gasteiger partial charge in [-0.2, -0.15) is 5.10 Å². The molecule has 0 amide bonds. The van der Waals surface area contributed by atoms with Gasteiger partial charge in [0.05, 0.1) is 6.20 Å². The molecule has 2 aromatic heterocycles. The van der Waals surface area contributed by atoms with Crippen LogP contribution in [0, 0.1) is 0 Å². The Hall–Kier alpha value is -1.26. The van der Waals surface area contributed by atoms with Crippen LogP contribution in [0.2, 0.25) is 5.22 Å². The first-order valence-electron chi connectivity index (χ1n) is 3.79. The van der Waals surface area contributed by atoms with Crippen molar-refractivity contribution < 1.29 is 4.42 Å². The van der Waals surface area contributed by atoms with E-state index in [4.69, 9.17) is 21.8 Å². The number of hydrogen-bond acceptors (Lipinski definition) is 3. The van der Waals surface area contributed by atoms with Gasteiger partial charge >= 0.3 is 0 Å². The summed E-state index contributed by atoms with van der Waals surface area (Å²) in [6.07, 6.45) is 1.67. The fourth-order valence-corrected chi connectivity index (χ4v) is 1.27. The minimum Gasteiger partial charge on any atom is -0.443 e. The second kappa shape index (κ2) is 3.24. The van der Waals surface area contributed by atoms with E-state index in [0.29, 0.717) is 17.5 Å². The van der Waals surface area contributed by atoms with Crippen LogP contribution >= 0.6 is 11.6 Å². The second-order valence-corrected chi connectivity index (χ2v) is 2.95. The zero-order valence-corrected chi connectivity index (χ0v) is 7.51. The molecule has 0 aromatic carbocycles. The van der Waals surface area contributed by atoms with Gasteiger partial charge in [-0.1, -0.05) is 0 Å². The Morgan fingerprint density at radius 3 is 3.00 bits per heavy atom. The lowest BCUT2D eigenvalue weighted by Crippen LogP contribution is -1.95. The molecular weight excluding hydrogens is 190 g/mol. The van der Waals surface area contributed by atoms with Crippen LogP contribution in [0.1, 0.15) is 5.56 Å². The van der Waals surface area contributed by atoms with E-state index in [9.17, 15) is 0 Å². The van der Waals surface area contributed by atoms with Crippen molar-refractivity contribution in [2.24, 2.45) is 5.73 Å². The Kier molecular flexibility index (Phi) is 2.08. The van der Waals surface area contributed by atoms with E-state index >= 15 is 0 Å². The summed E-state index contributed by atoms with van der Waals surface area (Å²) >= 11 is 5.64. The summed E-state index contributed by atoms with van der Waals surface area (Å²) < 4.78 is 5.21. The van der Waals surface area contributed by atoms with E-state index in [1.807, 2.05) is 0 Å². The van der Waals surface area contributed by atoms with E-state index in [1.165, 1.54) is 0 Å². The zero-order chi connectivity index (χ0) is 9.26. The van der Waals surface area contributed by atoms with Crippen molar-refractivity contribution in [2.45, 2.75) is 6.54 Å². The summed E-state index contributed by atoms with van der Waals surface area (Å²) in [7, 11) is 0. The van der Waals surface area contributed by atoms with Gasteiger partial charge in [0, 0.05) is 12.1 Å². The van der Waals surface area contributed by atoms with Crippen LogP contribution in [0.4, 0.5) is 0 Å². The third-order valence-corrected chi connectivity index (χ3v) is 1.96. The molecule has 0 saturated carbocycles. The molecule has 2 heterocycles. The molecule has 0 radical (unpaired) electrons. The number of halogens is 1. The fourth-order valence-electron chi connectivity index (χ4n) is 1.13. The van der Waals surface area contributed by atoms with E-state index in [1.54, 1.807) is 18.3 Å². The molecule has 5 heteroatoms. The number of H-pyrrole nitrogens is 1. The van der Waals surface area contributed by atoms with Gasteiger partial charge in [0.1, 0.15) is 5.69 Å². The van der Waals surface area contributed by atoms with Gasteiger partial charge < -0.3 is 10.2 Å². The minimum absolute atomic E-state index is 0.354. The fraction of sp³-hybridized carbons (Fsp3) is 0.125. The van der Waals surface area contributed by atoms with Crippen LogP contribution in [0.5, 0.6) is 0 Å². The Balaban J connectivity index is 2.45. The molecule has 2 aromatic rings. The number of rotatable bonds is 2. The summed E-state index contributed by atoms with van der Waals surface area (Å²) in [6.45, 7) is 0.421. The zero-order valence-electron chi connectivity index (χ0n) is 6.75. The maximum Gasteiger partial charge on any atom is 0.194 e. The molecule has 0 fully saturated rings. The highest BCUT2D eigenvalue weighted by Crippen LogP contribution is 2.25. The average Bonchev–Trinajstić information content (AvgIpc) is 2.71. The van der Waals surface area contributed by atoms with Crippen molar-refractivity contribution in [2.75, 3.05) is 0 Å². The summed E-state index contributed by atoms with van der Waals surface area (Å²) in [5, 5.41) is 7.03. The summed E-state index contributed by atoms with van der Waals surface area (Å²) in [6, 6.07) is 3.45. The Morgan fingerprint density at radius 1 is 1.54 bits per heavy atom. The number of nitrogens with zero attached hydrogens (tertiary/aromatic N) is 1. The molecule has 0 bridgehead atoms. The number of aromatic nitrogens is 2. The number of nitrogens with one attached hydrogen (secondary N) is 1. The molecule has 2 rings (SSSR count). The lowest BCUT2D eigenvalue weighted by Gasteiger charge is -1.94. The van der Waals surface area contributed by atoms with Crippen molar-refractivity contribution in [1.82, 2.24) is 10.2 Å². The monoisotopic (exact) mass is 197 g/mol. The molecular formula is C8H8ClN3O. The van der Waals surface area contributed by atoms with Crippen molar-refractivity contribution in [3.8, 4) is 11.5 Å². The van der Waals surface area contributed by atoms with Crippen molar-refractivity contribution in [3.05, 3.63) is 29.1 Å². The highest BCUT2D eigenvalue weighted by atomic mass is 35.5. The van der Waals surface area contributed by atoms with Crippen LogP contribution in [-0.2, 0) is 6.54 Å². The molecule has 68 valence electrons. The standard InChI is InChI=1S/C8H8ClN3O/c9-7-2-1-6(13-7)8-5(3-10)4-11-12-8/h1-2,4H,3,10H2,(H,11,12). The molecule has 0 saturated heterocycles. The van der Waals surface area contributed by atoms with E-state index in [-0.39, 0.29) is 0 Å². The second-order valence-electron chi connectivity index (χ2n) is 2.58. The number of aromatic amines is 1.